The number of esters is 1. The summed E-state index contributed by atoms with van der Waals surface area (Å²) in [4.78, 5) is 23.4. The zero-order valence-electron chi connectivity index (χ0n) is 11.4. The van der Waals surface area contributed by atoms with Gasteiger partial charge in [0.1, 0.15) is 11.4 Å². The van der Waals surface area contributed by atoms with Gasteiger partial charge in [0.15, 0.2) is 5.12 Å². The van der Waals surface area contributed by atoms with Gasteiger partial charge in [-0.25, -0.2) is 0 Å². The molecule has 1 aromatic rings. The Morgan fingerprint density at radius 1 is 1.32 bits per heavy atom. The highest BCUT2D eigenvalue weighted by atomic mass is 32.2. The van der Waals surface area contributed by atoms with Crippen LogP contribution in [0.25, 0.3) is 0 Å². The predicted octanol–water partition coefficient (Wildman–Crippen LogP) is 3.34. The SMILES string of the molecule is C/C=C/[C@@](C)(SC(C)=O)C(=O)OCc1ccccc1. The summed E-state index contributed by atoms with van der Waals surface area (Å²) in [6, 6.07) is 9.45. The maximum atomic E-state index is 12.1. The third kappa shape index (κ3) is 4.91. The molecular weight excluding hydrogens is 260 g/mol. The number of hydrogen-bond acceptors (Lipinski definition) is 4. The zero-order valence-corrected chi connectivity index (χ0v) is 12.2. The van der Waals surface area contributed by atoms with Crippen LogP contribution >= 0.6 is 11.8 Å². The first-order valence-corrected chi connectivity index (χ1v) is 6.84. The van der Waals surface area contributed by atoms with Gasteiger partial charge in [-0.1, -0.05) is 54.2 Å². The Kier molecular flexibility index (Phi) is 5.83. The van der Waals surface area contributed by atoms with E-state index in [9.17, 15) is 9.59 Å². The summed E-state index contributed by atoms with van der Waals surface area (Å²) < 4.78 is 4.32. The molecule has 1 aromatic carbocycles. The molecule has 0 bridgehead atoms. The third-order valence-corrected chi connectivity index (χ3v) is 3.47. The fourth-order valence-corrected chi connectivity index (χ4v) is 2.57. The van der Waals surface area contributed by atoms with Crippen LogP contribution < -0.4 is 0 Å². The Hall–Kier alpha value is -1.55. The van der Waals surface area contributed by atoms with Crippen molar-refractivity contribution in [2.75, 3.05) is 0 Å². The van der Waals surface area contributed by atoms with Crippen molar-refractivity contribution < 1.29 is 14.3 Å². The van der Waals surface area contributed by atoms with Gasteiger partial charge in [0.2, 0.25) is 0 Å². The molecule has 0 amide bonds. The Morgan fingerprint density at radius 3 is 2.47 bits per heavy atom. The van der Waals surface area contributed by atoms with Gasteiger partial charge >= 0.3 is 5.97 Å². The lowest BCUT2D eigenvalue weighted by Crippen LogP contribution is -2.32. The summed E-state index contributed by atoms with van der Waals surface area (Å²) >= 11 is 0.969. The highest BCUT2D eigenvalue weighted by Crippen LogP contribution is 2.29. The second kappa shape index (κ2) is 7.14. The number of rotatable bonds is 5. The van der Waals surface area contributed by atoms with E-state index >= 15 is 0 Å². The van der Waals surface area contributed by atoms with Gasteiger partial charge in [0, 0.05) is 6.92 Å². The molecule has 0 radical (unpaired) electrons. The second-order valence-electron chi connectivity index (χ2n) is 4.26. The van der Waals surface area contributed by atoms with Crippen molar-refractivity contribution in [3.8, 4) is 0 Å². The topological polar surface area (TPSA) is 43.4 Å². The molecule has 102 valence electrons. The van der Waals surface area contributed by atoms with Crippen molar-refractivity contribution in [3.05, 3.63) is 48.0 Å². The van der Waals surface area contributed by atoms with E-state index in [4.69, 9.17) is 4.74 Å². The van der Waals surface area contributed by atoms with E-state index in [2.05, 4.69) is 0 Å². The Labute approximate surface area is 118 Å². The molecule has 1 rings (SSSR count). The van der Waals surface area contributed by atoms with Gasteiger partial charge in [0.25, 0.3) is 0 Å². The van der Waals surface area contributed by atoms with Crippen LogP contribution in [-0.2, 0) is 20.9 Å². The highest BCUT2D eigenvalue weighted by Gasteiger charge is 2.34. The highest BCUT2D eigenvalue weighted by molar-refractivity contribution is 8.15. The van der Waals surface area contributed by atoms with Gasteiger partial charge in [-0.15, -0.1) is 0 Å². The van der Waals surface area contributed by atoms with Crippen molar-refractivity contribution in [1.29, 1.82) is 0 Å². The lowest BCUT2D eigenvalue weighted by molar-refractivity contribution is -0.146. The molecule has 0 fully saturated rings. The molecule has 0 saturated carbocycles. The lowest BCUT2D eigenvalue weighted by atomic mass is 10.1. The predicted molar refractivity (Wildman–Crippen MR) is 77.7 cm³/mol. The van der Waals surface area contributed by atoms with Gasteiger partial charge in [-0.3, -0.25) is 9.59 Å². The molecule has 0 unspecified atom stereocenters. The van der Waals surface area contributed by atoms with Crippen molar-refractivity contribution in [1.82, 2.24) is 0 Å². The summed E-state index contributed by atoms with van der Waals surface area (Å²) in [6.45, 7) is 5.15. The van der Waals surface area contributed by atoms with Crippen molar-refractivity contribution >= 4 is 22.8 Å². The summed E-state index contributed by atoms with van der Waals surface area (Å²) in [5.74, 6) is -0.408. The van der Waals surface area contributed by atoms with E-state index < -0.39 is 10.7 Å². The molecule has 3 nitrogen and oxygen atoms in total. The molecule has 19 heavy (non-hydrogen) atoms. The number of thioether (sulfide) groups is 1. The van der Waals surface area contributed by atoms with E-state index in [1.54, 1.807) is 19.1 Å². The van der Waals surface area contributed by atoms with Crippen LogP contribution in [0.5, 0.6) is 0 Å². The fourth-order valence-electron chi connectivity index (χ4n) is 1.63. The standard InChI is InChI=1S/C15H18O3S/c1-4-10-15(3,19-12(2)16)14(17)18-11-13-8-6-5-7-9-13/h4-10H,11H2,1-3H3/b10-4+/t15-/m1/s1. The van der Waals surface area contributed by atoms with Crippen LogP contribution in [0.15, 0.2) is 42.5 Å². The lowest BCUT2D eigenvalue weighted by Gasteiger charge is -2.21. The summed E-state index contributed by atoms with van der Waals surface area (Å²) in [6.07, 6.45) is 3.44. The maximum Gasteiger partial charge on any atom is 0.326 e. The Bertz CT molecular complexity index is 468. The molecule has 0 saturated heterocycles. The number of benzene rings is 1. The van der Waals surface area contributed by atoms with Crippen LogP contribution in [0, 0.1) is 0 Å². The molecule has 0 aliphatic heterocycles. The van der Waals surface area contributed by atoms with Crippen LogP contribution in [0.2, 0.25) is 0 Å². The smallest absolute Gasteiger partial charge is 0.326 e. The van der Waals surface area contributed by atoms with Crippen LogP contribution in [0.1, 0.15) is 26.3 Å². The van der Waals surface area contributed by atoms with E-state index in [0.717, 1.165) is 17.3 Å². The maximum absolute atomic E-state index is 12.1. The third-order valence-electron chi connectivity index (χ3n) is 2.46. The second-order valence-corrected chi connectivity index (χ2v) is 5.89. The normalized spacial score (nSPS) is 14.1. The minimum absolute atomic E-state index is 0.114. The number of allylic oxidation sites excluding steroid dienone is 1. The average Bonchev–Trinajstić information content (AvgIpc) is 2.36. The average molecular weight is 278 g/mol. The molecule has 0 aliphatic rings. The minimum Gasteiger partial charge on any atom is -0.460 e. The molecule has 4 heteroatoms. The molecule has 0 aromatic heterocycles. The van der Waals surface area contributed by atoms with E-state index in [0.29, 0.717) is 0 Å². The fraction of sp³-hybridized carbons (Fsp3) is 0.333. The van der Waals surface area contributed by atoms with Crippen LogP contribution in [0.4, 0.5) is 0 Å². The first kappa shape index (κ1) is 15.5. The molecule has 0 aliphatic carbocycles. The number of hydrogen-bond donors (Lipinski definition) is 0. The molecule has 0 N–H and O–H groups in total. The van der Waals surface area contributed by atoms with E-state index in [1.807, 2.05) is 37.3 Å². The molecule has 0 spiro atoms. The molecular formula is C15H18O3S. The van der Waals surface area contributed by atoms with Crippen molar-refractivity contribution in [2.24, 2.45) is 0 Å². The number of carbonyl (C=O) groups is 2. The summed E-state index contributed by atoms with van der Waals surface area (Å²) in [7, 11) is 0. The zero-order chi connectivity index (χ0) is 14.3. The summed E-state index contributed by atoms with van der Waals surface area (Å²) in [5, 5.41) is -0.114. The first-order valence-electron chi connectivity index (χ1n) is 6.02. The van der Waals surface area contributed by atoms with Gasteiger partial charge < -0.3 is 4.74 Å². The molecule has 0 heterocycles. The van der Waals surface area contributed by atoms with Crippen LogP contribution in [0.3, 0.4) is 0 Å². The van der Waals surface area contributed by atoms with Gasteiger partial charge in [-0.05, 0) is 19.4 Å². The Morgan fingerprint density at radius 2 is 1.95 bits per heavy atom. The Balaban J connectivity index is 2.70. The van der Waals surface area contributed by atoms with E-state index in [1.165, 1.54) is 6.92 Å². The largest absolute Gasteiger partial charge is 0.460 e. The van der Waals surface area contributed by atoms with Crippen molar-refractivity contribution in [3.63, 3.8) is 0 Å². The van der Waals surface area contributed by atoms with Crippen molar-refractivity contribution in [2.45, 2.75) is 32.1 Å². The first-order chi connectivity index (χ1) is 8.98. The number of carbonyl (C=O) groups excluding carboxylic acids is 2. The number of ether oxygens (including phenoxy) is 1. The summed E-state index contributed by atoms with van der Waals surface area (Å²) in [5.41, 5.74) is 0.923. The van der Waals surface area contributed by atoms with Gasteiger partial charge in [-0.2, -0.15) is 0 Å². The van der Waals surface area contributed by atoms with Crippen LogP contribution in [-0.4, -0.2) is 15.8 Å². The van der Waals surface area contributed by atoms with Gasteiger partial charge in [0.05, 0.1) is 0 Å². The monoisotopic (exact) mass is 278 g/mol. The molecule has 1 atom stereocenters. The van der Waals surface area contributed by atoms with E-state index in [-0.39, 0.29) is 11.7 Å². The quantitative estimate of drug-likeness (QED) is 0.612. The minimum atomic E-state index is -0.963.